The van der Waals surface area contributed by atoms with Gasteiger partial charge < -0.3 is 5.11 Å². The Balaban J connectivity index is 2.12. The average Bonchev–Trinajstić information content (AvgIpc) is 2.01. The summed E-state index contributed by atoms with van der Waals surface area (Å²) in [6, 6.07) is 0. The minimum Gasteiger partial charge on any atom is -0.393 e. The lowest BCUT2D eigenvalue weighted by molar-refractivity contribution is -0.281. The molecule has 0 amide bonds. The first-order chi connectivity index (χ1) is 5.33. The molecule has 1 aliphatic carbocycles. The Bertz CT molecular complexity index is 106. The average molecular weight is 160 g/mol. The molecule has 66 valence electrons. The molecule has 0 aliphatic heterocycles. The smallest absolute Gasteiger partial charge is 0.0851 e. The number of hydrogen-bond donors (Lipinski definition) is 1. The minimum atomic E-state index is -0.116. The molecule has 0 spiro atoms. The largest absolute Gasteiger partial charge is 0.393 e. The van der Waals surface area contributed by atoms with Crippen LogP contribution in [-0.2, 0) is 9.78 Å². The van der Waals surface area contributed by atoms with Crippen LogP contribution in [0.15, 0.2) is 0 Å². The third-order valence-corrected chi connectivity index (χ3v) is 2.18. The van der Waals surface area contributed by atoms with Crippen LogP contribution in [0.2, 0.25) is 0 Å². The van der Waals surface area contributed by atoms with E-state index in [0.717, 1.165) is 25.7 Å². The number of rotatable bonds is 3. The van der Waals surface area contributed by atoms with Gasteiger partial charge in [-0.05, 0) is 25.2 Å². The van der Waals surface area contributed by atoms with E-state index in [1.54, 1.807) is 0 Å². The molecule has 11 heavy (non-hydrogen) atoms. The molecular weight excluding hydrogens is 144 g/mol. The Morgan fingerprint density at radius 3 is 2.91 bits per heavy atom. The molecule has 0 heterocycles. The summed E-state index contributed by atoms with van der Waals surface area (Å²) < 4.78 is 0. The fraction of sp³-hybridized carbons (Fsp3) is 1.00. The highest BCUT2D eigenvalue weighted by Gasteiger charge is 2.20. The summed E-state index contributed by atoms with van der Waals surface area (Å²) in [6.07, 6.45) is 3.96. The Hall–Kier alpha value is -0.120. The fourth-order valence-corrected chi connectivity index (χ4v) is 1.58. The predicted molar refractivity (Wildman–Crippen MR) is 40.9 cm³/mol. The maximum absolute atomic E-state index is 9.28. The lowest BCUT2D eigenvalue weighted by atomic mass is 9.88. The molecule has 0 unspecified atom stereocenters. The first kappa shape index (κ1) is 8.97. The van der Waals surface area contributed by atoms with E-state index in [9.17, 15) is 5.11 Å². The van der Waals surface area contributed by atoms with Crippen LogP contribution in [0.5, 0.6) is 0 Å². The van der Waals surface area contributed by atoms with Gasteiger partial charge in [-0.15, -0.1) is 0 Å². The Kier molecular flexibility index (Phi) is 3.83. The van der Waals surface area contributed by atoms with E-state index in [1.807, 2.05) is 0 Å². The lowest BCUT2D eigenvalue weighted by Gasteiger charge is -2.24. The van der Waals surface area contributed by atoms with Crippen molar-refractivity contribution in [3.05, 3.63) is 0 Å². The highest BCUT2D eigenvalue weighted by molar-refractivity contribution is 4.71. The van der Waals surface area contributed by atoms with E-state index >= 15 is 0 Å². The zero-order valence-corrected chi connectivity index (χ0v) is 6.95. The van der Waals surface area contributed by atoms with Gasteiger partial charge in [0.25, 0.3) is 0 Å². The molecule has 2 atom stereocenters. The van der Waals surface area contributed by atoms with Gasteiger partial charge in [-0.1, -0.05) is 6.42 Å². The third kappa shape index (κ3) is 3.18. The molecule has 0 aromatic heterocycles. The van der Waals surface area contributed by atoms with Gasteiger partial charge in [0.1, 0.15) is 0 Å². The third-order valence-electron chi connectivity index (χ3n) is 2.18. The van der Waals surface area contributed by atoms with Crippen molar-refractivity contribution >= 4 is 0 Å². The van der Waals surface area contributed by atoms with Gasteiger partial charge in [-0.2, -0.15) is 0 Å². The molecule has 0 aromatic rings. The molecule has 0 aromatic carbocycles. The molecule has 0 saturated heterocycles. The fourth-order valence-electron chi connectivity index (χ4n) is 1.58. The van der Waals surface area contributed by atoms with Crippen molar-refractivity contribution in [2.45, 2.75) is 31.8 Å². The maximum Gasteiger partial charge on any atom is 0.0851 e. The maximum atomic E-state index is 9.28. The Morgan fingerprint density at radius 1 is 1.45 bits per heavy atom. The first-order valence-electron chi connectivity index (χ1n) is 4.16. The zero-order valence-electron chi connectivity index (χ0n) is 6.95. The van der Waals surface area contributed by atoms with Crippen molar-refractivity contribution in [2.24, 2.45) is 5.92 Å². The van der Waals surface area contributed by atoms with Crippen molar-refractivity contribution in [1.29, 1.82) is 0 Å². The number of aliphatic hydroxyl groups excluding tert-OH is 1. The lowest BCUT2D eigenvalue weighted by Crippen LogP contribution is -2.22. The van der Waals surface area contributed by atoms with Crippen LogP contribution < -0.4 is 0 Å². The second kappa shape index (κ2) is 4.70. The van der Waals surface area contributed by atoms with Gasteiger partial charge in [0.05, 0.1) is 19.8 Å². The highest BCUT2D eigenvalue weighted by Crippen LogP contribution is 2.24. The number of hydrogen-bond acceptors (Lipinski definition) is 3. The number of aliphatic hydroxyl groups is 1. The second-order valence-electron chi connectivity index (χ2n) is 3.14. The van der Waals surface area contributed by atoms with Crippen LogP contribution in [-0.4, -0.2) is 24.9 Å². The first-order valence-corrected chi connectivity index (χ1v) is 4.16. The van der Waals surface area contributed by atoms with Crippen molar-refractivity contribution in [3.63, 3.8) is 0 Å². The molecule has 1 aliphatic rings. The summed E-state index contributed by atoms with van der Waals surface area (Å²) in [4.78, 5) is 9.31. The van der Waals surface area contributed by atoms with Crippen molar-refractivity contribution in [2.75, 3.05) is 13.7 Å². The quantitative estimate of drug-likeness (QED) is 0.496. The SMILES string of the molecule is COOC[C@H]1CCC[C@@H](O)C1. The molecule has 1 fully saturated rings. The second-order valence-corrected chi connectivity index (χ2v) is 3.14. The molecule has 1 saturated carbocycles. The molecule has 0 radical (unpaired) electrons. The van der Waals surface area contributed by atoms with E-state index < -0.39 is 0 Å². The van der Waals surface area contributed by atoms with Crippen molar-refractivity contribution in [3.8, 4) is 0 Å². The molecule has 3 nitrogen and oxygen atoms in total. The van der Waals surface area contributed by atoms with Gasteiger partial charge in [-0.3, -0.25) is 0 Å². The van der Waals surface area contributed by atoms with E-state index in [4.69, 9.17) is 4.89 Å². The summed E-state index contributed by atoms with van der Waals surface area (Å²) in [5.74, 6) is 0.485. The summed E-state index contributed by atoms with van der Waals surface area (Å²) in [5, 5.41) is 9.28. The van der Waals surface area contributed by atoms with Gasteiger partial charge in [0.2, 0.25) is 0 Å². The molecule has 1 rings (SSSR count). The van der Waals surface area contributed by atoms with Gasteiger partial charge in [0.15, 0.2) is 0 Å². The zero-order chi connectivity index (χ0) is 8.10. The summed E-state index contributed by atoms with van der Waals surface area (Å²) >= 11 is 0. The van der Waals surface area contributed by atoms with Crippen LogP contribution >= 0.6 is 0 Å². The van der Waals surface area contributed by atoms with E-state index in [2.05, 4.69) is 4.89 Å². The van der Waals surface area contributed by atoms with E-state index in [1.165, 1.54) is 7.11 Å². The van der Waals surface area contributed by atoms with Crippen LogP contribution in [0, 0.1) is 5.92 Å². The topological polar surface area (TPSA) is 38.7 Å². The molecule has 3 heteroatoms. The van der Waals surface area contributed by atoms with Crippen LogP contribution in [0.1, 0.15) is 25.7 Å². The Morgan fingerprint density at radius 2 is 2.27 bits per heavy atom. The van der Waals surface area contributed by atoms with E-state index in [-0.39, 0.29) is 6.10 Å². The monoisotopic (exact) mass is 160 g/mol. The summed E-state index contributed by atoms with van der Waals surface area (Å²) in [6.45, 7) is 0.619. The van der Waals surface area contributed by atoms with Crippen LogP contribution in [0.3, 0.4) is 0 Å². The standard InChI is InChI=1S/C8H16O3/c1-10-11-6-7-3-2-4-8(9)5-7/h7-9H,2-6H2,1H3/t7-,8+/m0/s1. The van der Waals surface area contributed by atoms with Crippen LogP contribution in [0.4, 0.5) is 0 Å². The molecular formula is C8H16O3. The molecule has 1 N–H and O–H groups in total. The van der Waals surface area contributed by atoms with Crippen molar-refractivity contribution in [1.82, 2.24) is 0 Å². The summed E-state index contributed by atoms with van der Waals surface area (Å²) in [5.41, 5.74) is 0. The van der Waals surface area contributed by atoms with Gasteiger partial charge in [0, 0.05) is 0 Å². The molecule has 0 bridgehead atoms. The van der Waals surface area contributed by atoms with Gasteiger partial charge >= 0.3 is 0 Å². The Labute approximate surface area is 67.2 Å². The van der Waals surface area contributed by atoms with Gasteiger partial charge in [-0.25, -0.2) is 9.78 Å². The van der Waals surface area contributed by atoms with E-state index in [0.29, 0.717) is 12.5 Å². The van der Waals surface area contributed by atoms with Crippen LogP contribution in [0.25, 0.3) is 0 Å². The predicted octanol–water partition coefficient (Wildman–Crippen LogP) is 1.12. The summed E-state index contributed by atoms with van der Waals surface area (Å²) in [7, 11) is 1.51. The highest BCUT2D eigenvalue weighted by atomic mass is 17.2. The normalized spacial score (nSPS) is 32.2. The van der Waals surface area contributed by atoms with Crippen molar-refractivity contribution < 1.29 is 14.9 Å². The minimum absolute atomic E-state index is 0.116.